The van der Waals surface area contributed by atoms with Gasteiger partial charge in [-0.15, -0.1) is 0 Å². The predicted octanol–water partition coefficient (Wildman–Crippen LogP) is 4.61. The van der Waals surface area contributed by atoms with E-state index in [1.807, 2.05) is 12.1 Å². The lowest BCUT2D eigenvalue weighted by Crippen LogP contribution is -2.10. The van der Waals surface area contributed by atoms with Gasteiger partial charge in [-0.3, -0.25) is 0 Å². The lowest BCUT2D eigenvalue weighted by Gasteiger charge is -2.12. The van der Waals surface area contributed by atoms with Gasteiger partial charge in [0.05, 0.1) is 30.4 Å². The van der Waals surface area contributed by atoms with Crippen LogP contribution in [0.4, 0.5) is 0 Å². The van der Waals surface area contributed by atoms with E-state index in [9.17, 15) is 8.42 Å². The fourth-order valence-corrected chi connectivity index (χ4v) is 4.06. The van der Waals surface area contributed by atoms with E-state index in [-0.39, 0.29) is 15.7 Å². The predicted molar refractivity (Wildman–Crippen MR) is 113 cm³/mol. The summed E-state index contributed by atoms with van der Waals surface area (Å²) in [4.78, 5) is -0.127. The van der Waals surface area contributed by atoms with E-state index < -0.39 is 10.1 Å². The Balaban J connectivity index is 1.73. The highest BCUT2D eigenvalue weighted by molar-refractivity contribution is 7.87. The van der Waals surface area contributed by atoms with Crippen molar-refractivity contribution in [3.63, 3.8) is 0 Å². The molecule has 3 aromatic carbocycles. The first-order valence-corrected chi connectivity index (χ1v) is 10.7. The van der Waals surface area contributed by atoms with Gasteiger partial charge < -0.3 is 13.7 Å². The number of ether oxygens (including phenoxy) is 2. The Hall–Kier alpha value is -3.21. The summed E-state index contributed by atoms with van der Waals surface area (Å²) in [6.45, 7) is 0.343. The second-order valence-electron chi connectivity index (χ2n) is 6.22. The quantitative estimate of drug-likeness (QED) is 0.472. The van der Waals surface area contributed by atoms with Crippen LogP contribution in [0.15, 0.2) is 71.6 Å². The van der Waals surface area contributed by atoms with Crippen molar-refractivity contribution in [1.29, 1.82) is 5.26 Å². The summed E-state index contributed by atoms with van der Waals surface area (Å²) in [6.07, 6.45) is 0.608. The van der Waals surface area contributed by atoms with Crippen molar-refractivity contribution in [1.82, 2.24) is 0 Å². The summed E-state index contributed by atoms with van der Waals surface area (Å²) in [6, 6.07) is 19.9. The maximum absolute atomic E-state index is 12.6. The van der Waals surface area contributed by atoms with Gasteiger partial charge in [0.2, 0.25) is 0 Å². The van der Waals surface area contributed by atoms with Gasteiger partial charge in [0.15, 0.2) is 0 Å². The van der Waals surface area contributed by atoms with Gasteiger partial charge in [-0.2, -0.15) is 13.7 Å². The zero-order valence-electron chi connectivity index (χ0n) is 16.0. The van der Waals surface area contributed by atoms with Gasteiger partial charge in [0.25, 0.3) is 0 Å². The molecule has 0 aliphatic rings. The van der Waals surface area contributed by atoms with E-state index in [1.54, 1.807) is 30.3 Å². The van der Waals surface area contributed by atoms with Gasteiger partial charge in [-0.25, -0.2) is 0 Å². The molecule has 0 atom stereocenters. The highest BCUT2D eigenvalue weighted by atomic mass is 35.5. The van der Waals surface area contributed by atoms with Crippen LogP contribution in [0, 0.1) is 11.3 Å². The molecule has 0 radical (unpaired) electrons. The third-order valence-electron chi connectivity index (χ3n) is 4.14. The van der Waals surface area contributed by atoms with E-state index in [0.29, 0.717) is 30.1 Å². The molecule has 8 heteroatoms. The second kappa shape index (κ2) is 9.53. The standard InChI is InChI=1S/C22H18ClNO5S/c1-27-18-12-19(28-11-10-16-6-8-17(15-24)9-7-16)14-20(13-18)29-30(25,26)22-5-3-2-4-21(22)23/h2-9,12-14H,10-11H2,1H3. The van der Waals surface area contributed by atoms with Gasteiger partial charge in [-0.1, -0.05) is 35.9 Å². The summed E-state index contributed by atoms with van der Waals surface area (Å²) in [5.74, 6) is 0.824. The number of hydrogen-bond acceptors (Lipinski definition) is 6. The van der Waals surface area contributed by atoms with Crippen molar-refractivity contribution >= 4 is 21.7 Å². The van der Waals surface area contributed by atoms with Crippen molar-refractivity contribution in [3.05, 3.63) is 82.9 Å². The van der Waals surface area contributed by atoms with E-state index in [0.717, 1.165) is 5.56 Å². The summed E-state index contributed by atoms with van der Waals surface area (Å²) >= 11 is 5.98. The summed E-state index contributed by atoms with van der Waals surface area (Å²) in [7, 11) is -2.66. The van der Waals surface area contributed by atoms with E-state index in [2.05, 4.69) is 6.07 Å². The molecule has 0 fully saturated rings. The normalized spacial score (nSPS) is 10.8. The zero-order valence-corrected chi connectivity index (χ0v) is 17.6. The third-order valence-corrected chi connectivity index (χ3v) is 5.89. The average molecular weight is 444 g/mol. The molecular weight excluding hydrogens is 426 g/mol. The molecule has 0 saturated carbocycles. The lowest BCUT2D eigenvalue weighted by atomic mass is 10.1. The SMILES string of the molecule is COc1cc(OCCc2ccc(C#N)cc2)cc(OS(=O)(=O)c2ccccc2Cl)c1. The van der Waals surface area contributed by atoms with Gasteiger partial charge in [0.1, 0.15) is 22.1 Å². The Morgan fingerprint density at radius 1 is 0.967 bits per heavy atom. The highest BCUT2D eigenvalue weighted by Gasteiger charge is 2.20. The number of rotatable bonds is 8. The van der Waals surface area contributed by atoms with Crippen molar-refractivity contribution < 1.29 is 22.1 Å². The molecule has 3 aromatic rings. The van der Waals surface area contributed by atoms with Crippen LogP contribution in [-0.4, -0.2) is 22.1 Å². The maximum atomic E-state index is 12.6. The maximum Gasteiger partial charge on any atom is 0.340 e. The first kappa shape index (κ1) is 21.5. The van der Waals surface area contributed by atoms with Gasteiger partial charge in [-0.05, 0) is 29.8 Å². The van der Waals surface area contributed by atoms with Crippen LogP contribution >= 0.6 is 11.6 Å². The van der Waals surface area contributed by atoms with Crippen molar-refractivity contribution in [2.45, 2.75) is 11.3 Å². The van der Waals surface area contributed by atoms with Crippen LogP contribution in [0.2, 0.25) is 5.02 Å². The average Bonchev–Trinajstić information content (AvgIpc) is 2.74. The number of nitrogens with zero attached hydrogens (tertiary/aromatic N) is 1. The Morgan fingerprint density at radius 3 is 2.30 bits per heavy atom. The number of nitriles is 1. The summed E-state index contributed by atoms with van der Waals surface area (Å²) < 4.78 is 41.4. The minimum Gasteiger partial charge on any atom is -0.496 e. The van der Waals surface area contributed by atoms with Crippen molar-refractivity contribution in [2.75, 3.05) is 13.7 Å². The van der Waals surface area contributed by atoms with Gasteiger partial charge in [0, 0.05) is 24.6 Å². The van der Waals surface area contributed by atoms with Crippen LogP contribution in [0.3, 0.4) is 0 Å². The molecule has 0 amide bonds. The Morgan fingerprint density at radius 2 is 1.63 bits per heavy atom. The molecule has 0 spiro atoms. The summed E-state index contributed by atoms with van der Waals surface area (Å²) in [5.41, 5.74) is 1.60. The molecule has 0 aliphatic heterocycles. The summed E-state index contributed by atoms with van der Waals surface area (Å²) in [5, 5.41) is 8.92. The molecule has 6 nitrogen and oxygen atoms in total. The first-order chi connectivity index (χ1) is 14.4. The second-order valence-corrected chi connectivity index (χ2v) is 8.14. The lowest BCUT2D eigenvalue weighted by molar-refractivity contribution is 0.317. The zero-order chi connectivity index (χ0) is 21.6. The van der Waals surface area contributed by atoms with Crippen LogP contribution in [0.25, 0.3) is 0 Å². The fraction of sp³-hybridized carbons (Fsp3) is 0.136. The van der Waals surface area contributed by atoms with E-state index in [4.69, 9.17) is 30.5 Å². The molecule has 0 aromatic heterocycles. The molecule has 0 bridgehead atoms. The molecular formula is C22H18ClNO5S. The largest absolute Gasteiger partial charge is 0.496 e. The van der Waals surface area contributed by atoms with E-state index >= 15 is 0 Å². The third kappa shape index (κ3) is 5.44. The Bertz CT molecular complexity index is 1170. The Kier molecular flexibility index (Phi) is 6.83. The molecule has 30 heavy (non-hydrogen) atoms. The molecule has 0 aliphatic carbocycles. The fourth-order valence-electron chi connectivity index (χ4n) is 2.65. The van der Waals surface area contributed by atoms with Crippen molar-refractivity contribution in [2.24, 2.45) is 0 Å². The van der Waals surface area contributed by atoms with E-state index in [1.165, 1.54) is 31.4 Å². The molecule has 3 rings (SSSR count). The van der Waals surface area contributed by atoms with Crippen molar-refractivity contribution in [3.8, 4) is 23.3 Å². The van der Waals surface area contributed by atoms with Crippen LogP contribution in [0.5, 0.6) is 17.2 Å². The first-order valence-electron chi connectivity index (χ1n) is 8.91. The van der Waals surface area contributed by atoms with Gasteiger partial charge >= 0.3 is 10.1 Å². The molecule has 154 valence electrons. The minimum absolute atomic E-state index is 0.0441. The number of methoxy groups -OCH3 is 1. The molecule has 0 unspecified atom stereocenters. The highest BCUT2D eigenvalue weighted by Crippen LogP contribution is 2.31. The van der Waals surface area contributed by atoms with Crippen LogP contribution in [-0.2, 0) is 16.5 Å². The Labute approximate surface area is 180 Å². The number of benzene rings is 3. The molecule has 0 saturated heterocycles. The molecule has 0 heterocycles. The molecule has 0 N–H and O–H groups in total. The smallest absolute Gasteiger partial charge is 0.340 e. The van der Waals surface area contributed by atoms with Crippen LogP contribution in [0.1, 0.15) is 11.1 Å². The topological polar surface area (TPSA) is 85.6 Å². The monoisotopic (exact) mass is 443 g/mol. The van der Waals surface area contributed by atoms with Crippen LogP contribution < -0.4 is 13.7 Å². The minimum atomic E-state index is -4.13. The number of hydrogen-bond donors (Lipinski definition) is 0. The number of halogens is 1.